The van der Waals surface area contributed by atoms with Crippen molar-refractivity contribution in [1.82, 2.24) is 5.32 Å². The Bertz CT molecular complexity index is 424. The molecule has 0 saturated carbocycles. The highest BCUT2D eigenvalue weighted by Gasteiger charge is 2.28. The van der Waals surface area contributed by atoms with Crippen molar-refractivity contribution in [2.45, 2.75) is 38.8 Å². The average molecular weight is 283 g/mol. The Labute approximate surface area is 120 Å². The Morgan fingerprint density at radius 1 is 1.37 bits per heavy atom. The number of piperidine rings is 1. The normalized spacial score (nSPS) is 18.6. The Morgan fingerprint density at radius 3 is 2.68 bits per heavy atom. The van der Waals surface area contributed by atoms with E-state index in [9.17, 15) is 5.11 Å². The summed E-state index contributed by atoms with van der Waals surface area (Å²) in [5.41, 5.74) is 1.96. The molecule has 0 aliphatic carbocycles. The van der Waals surface area contributed by atoms with Gasteiger partial charge in [0.1, 0.15) is 0 Å². The van der Waals surface area contributed by atoms with Gasteiger partial charge in [-0.15, -0.1) is 0 Å². The minimum absolute atomic E-state index is 0.509. The number of benzene rings is 1. The molecule has 0 atom stereocenters. The van der Waals surface area contributed by atoms with Crippen LogP contribution in [0.5, 0.6) is 0 Å². The number of rotatable bonds is 4. The lowest BCUT2D eigenvalue weighted by Gasteiger charge is -2.38. The summed E-state index contributed by atoms with van der Waals surface area (Å²) in [7, 11) is 0. The van der Waals surface area contributed by atoms with Gasteiger partial charge in [-0.1, -0.05) is 18.5 Å². The van der Waals surface area contributed by atoms with E-state index in [1.165, 1.54) is 11.3 Å². The second-order valence-corrected chi connectivity index (χ2v) is 5.97. The third kappa shape index (κ3) is 3.85. The quantitative estimate of drug-likeness (QED) is 0.891. The van der Waals surface area contributed by atoms with Crippen LogP contribution in [0.4, 0.5) is 5.69 Å². The Hall–Kier alpha value is -0.770. The highest BCUT2D eigenvalue weighted by molar-refractivity contribution is 6.30. The highest BCUT2D eigenvalue weighted by atomic mass is 35.5. The van der Waals surface area contributed by atoms with E-state index < -0.39 is 5.60 Å². The van der Waals surface area contributed by atoms with E-state index in [2.05, 4.69) is 23.2 Å². The van der Waals surface area contributed by atoms with Gasteiger partial charge in [-0.25, -0.2) is 0 Å². The minimum Gasteiger partial charge on any atom is -0.390 e. The maximum atomic E-state index is 10.0. The zero-order chi connectivity index (χ0) is 13.9. The molecule has 0 aromatic heterocycles. The lowest BCUT2D eigenvalue weighted by Crippen LogP contribution is -2.42. The lowest BCUT2D eigenvalue weighted by molar-refractivity contribution is 0.0351. The van der Waals surface area contributed by atoms with Crippen molar-refractivity contribution in [3.05, 3.63) is 28.8 Å². The van der Waals surface area contributed by atoms with Crippen molar-refractivity contribution in [2.75, 3.05) is 24.5 Å². The second-order valence-electron chi connectivity index (χ2n) is 5.54. The third-order valence-electron chi connectivity index (χ3n) is 3.79. The van der Waals surface area contributed by atoms with E-state index in [4.69, 9.17) is 11.6 Å². The van der Waals surface area contributed by atoms with Gasteiger partial charge >= 0.3 is 0 Å². The molecule has 1 aliphatic rings. The molecule has 4 heteroatoms. The number of anilines is 1. The van der Waals surface area contributed by atoms with Crippen LogP contribution in [-0.4, -0.2) is 30.3 Å². The van der Waals surface area contributed by atoms with Gasteiger partial charge in [-0.2, -0.15) is 0 Å². The fraction of sp³-hybridized carbons (Fsp3) is 0.600. The van der Waals surface area contributed by atoms with Crippen LogP contribution in [0.1, 0.15) is 32.3 Å². The summed E-state index contributed by atoms with van der Waals surface area (Å²) in [6.45, 7) is 7.59. The van der Waals surface area contributed by atoms with E-state index in [1.807, 2.05) is 19.1 Å². The summed E-state index contributed by atoms with van der Waals surface area (Å²) >= 11 is 6.09. The summed E-state index contributed by atoms with van der Waals surface area (Å²) in [5.74, 6) is 0. The van der Waals surface area contributed by atoms with E-state index in [0.29, 0.717) is 0 Å². The first kappa shape index (κ1) is 14.6. The van der Waals surface area contributed by atoms with Crippen LogP contribution in [-0.2, 0) is 6.54 Å². The Balaban J connectivity index is 2.15. The van der Waals surface area contributed by atoms with Crippen LogP contribution in [0.3, 0.4) is 0 Å². The van der Waals surface area contributed by atoms with Crippen LogP contribution < -0.4 is 10.2 Å². The number of halogens is 1. The SMILES string of the molecule is CCNCc1cc(Cl)ccc1N1CCC(C)(O)CC1. The lowest BCUT2D eigenvalue weighted by atomic mass is 9.93. The van der Waals surface area contributed by atoms with Crippen molar-refractivity contribution >= 4 is 17.3 Å². The van der Waals surface area contributed by atoms with E-state index in [-0.39, 0.29) is 0 Å². The number of hydrogen-bond acceptors (Lipinski definition) is 3. The van der Waals surface area contributed by atoms with Crippen LogP contribution in [0.2, 0.25) is 5.02 Å². The molecule has 1 saturated heterocycles. The van der Waals surface area contributed by atoms with Gasteiger partial charge in [0, 0.05) is 30.3 Å². The first-order valence-corrected chi connectivity index (χ1v) is 7.36. The third-order valence-corrected chi connectivity index (χ3v) is 4.02. The number of nitrogens with zero attached hydrogens (tertiary/aromatic N) is 1. The first-order valence-electron chi connectivity index (χ1n) is 6.98. The van der Waals surface area contributed by atoms with Gasteiger partial charge in [-0.3, -0.25) is 0 Å². The van der Waals surface area contributed by atoms with Crippen molar-refractivity contribution in [1.29, 1.82) is 0 Å². The van der Waals surface area contributed by atoms with Gasteiger partial charge in [-0.05, 0) is 50.1 Å². The van der Waals surface area contributed by atoms with E-state index in [0.717, 1.165) is 44.0 Å². The average Bonchev–Trinajstić information content (AvgIpc) is 2.37. The van der Waals surface area contributed by atoms with E-state index in [1.54, 1.807) is 0 Å². The number of aliphatic hydroxyl groups is 1. The van der Waals surface area contributed by atoms with Crippen molar-refractivity contribution < 1.29 is 5.11 Å². The van der Waals surface area contributed by atoms with Crippen LogP contribution >= 0.6 is 11.6 Å². The summed E-state index contributed by atoms with van der Waals surface area (Å²) in [6, 6.07) is 6.07. The molecule has 0 unspecified atom stereocenters. The van der Waals surface area contributed by atoms with Gasteiger partial charge in [0.15, 0.2) is 0 Å². The van der Waals surface area contributed by atoms with Gasteiger partial charge in [0.2, 0.25) is 0 Å². The highest BCUT2D eigenvalue weighted by Crippen LogP contribution is 2.29. The maximum Gasteiger partial charge on any atom is 0.0653 e. The molecule has 106 valence electrons. The molecular formula is C15H23ClN2O. The Kier molecular flexibility index (Phi) is 4.71. The van der Waals surface area contributed by atoms with Crippen LogP contribution in [0.15, 0.2) is 18.2 Å². The topological polar surface area (TPSA) is 35.5 Å². The second kappa shape index (κ2) is 6.12. The van der Waals surface area contributed by atoms with E-state index >= 15 is 0 Å². The fourth-order valence-corrected chi connectivity index (χ4v) is 2.69. The molecule has 1 heterocycles. The summed E-state index contributed by atoms with van der Waals surface area (Å²) in [4.78, 5) is 2.35. The van der Waals surface area contributed by atoms with Crippen LogP contribution in [0.25, 0.3) is 0 Å². The molecule has 0 bridgehead atoms. The molecular weight excluding hydrogens is 260 g/mol. The first-order chi connectivity index (χ1) is 9.02. The molecule has 3 nitrogen and oxygen atoms in total. The standard InChI is InChI=1S/C15H23ClN2O/c1-3-17-11-12-10-13(16)4-5-14(12)18-8-6-15(2,19)7-9-18/h4-5,10,17,19H,3,6-9,11H2,1-2H3. The molecule has 0 spiro atoms. The molecule has 1 aromatic rings. The van der Waals surface area contributed by atoms with Gasteiger partial charge in [0.25, 0.3) is 0 Å². The summed E-state index contributed by atoms with van der Waals surface area (Å²) in [6.07, 6.45) is 1.63. The molecule has 1 aliphatic heterocycles. The zero-order valence-corrected chi connectivity index (χ0v) is 12.5. The molecule has 1 aromatic carbocycles. The smallest absolute Gasteiger partial charge is 0.0653 e. The van der Waals surface area contributed by atoms with Gasteiger partial charge < -0.3 is 15.3 Å². The van der Waals surface area contributed by atoms with Crippen molar-refractivity contribution in [2.24, 2.45) is 0 Å². The molecule has 2 N–H and O–H groups in total. The molecule has 0 radical (unpaired) electrons. The fourth-order valence-electron chi connectivity index (χ4n) is 2.49. The molecule has 1 fully saturated rings. The summed E-state index contributed by atoms with van der Waals surface area (Å²) in [5, 5.41) is 14.2. The predicted molar refractivity (Wildman–Crippen MR) is 80.9 cm³/mol. The molecule has 19 heavy (non-hydrogen) atoms. The number of hydrogen-bond donors (Lipinski definition) is 2. The monoisotopic (exact) mass is 282 g/mol. The van der Waals surface area contributed by atoms with Crippen molar-refractivity contribution in [3.63, 3.8) is 0 Å². The van der Waals surface area contributed by atoms with Gasteiger partial charge in [0.05, 0.1) is 5.60 Å². The summed E-state index contributed by atoms with van der Waals surface area (Å²) < 4.78 is 0. The Morgan fingerprint density at radius 2 is 2.05 bits per heavy atom. The molecule has 0 amide bonds. The molecule has 2 rings (SSSR count). The van der Waals surface area contributed by atoms with Crippen molar-refractivity contribution in [3.8, 4) is 0 Å². The predicted octanol–water partition coefficient (Wildman–Crippen LogP) is 2.80. The zero-order valence-electron chi connectivity index (χ0n) is 11.7. The number of nitrogens with one attached hydrogen (secondary N) is 1. The van der Waals surface area contributed by atoms with Crippen LogP contribution in [0, 0.1) is 0 Å². The minimum atomic E-state index is -0.509. The maximum absolute atomic E-state index is 10.0. The largest absolute Gasteiger partial charge is 0.390 e.